The second-order valence-corrected chi connectivity index (χ2v) is 8.39. The van der Waals surface area contributed by atoms with Gasteiger partial charge in [0.2, 0.25) is 0 Å². The molecule has 1 unspecified atom stereocenters. The lowest BCUT2D eigenvalue weighted by atomic mass is 9.94. The molecule has 2 N–H and O–H groups in total. The summed E-state index contributed by atoms with van der Waals surface area (Å²) in [5, 5.41) is 12.0. The number of halogens is 4. The van der Waals surface area contributed by atoms with Gasteiger partial charge in [0.25, 0.3) is 0 Å². The molecule has 2 rings (SSSR count). The van der Waals surface area contributed by atoms with Crippen LogP contribution in [-0.4, -0.2) is 52.9 Å². The van der Waals surface area contributed by atoms with Crippen LogP contribution >= 0.6 is 27.3 Å². The zero-order valence-electron chi connectivity index (χ0n) is 13.9. The number of aromatic nitrogens is 1. The number of rotatable bonds is 2. The van der Waals surface area contributed by atoms with Gasteiger partial charge in [-0.1, -0.05) is 0 Å². The number of ether oxygens (including phenoxy) is 1. The molecule has 1 atom stereocenters. The molecule has 0 spiro atoms. The van der Waals surface area contributed by atoms with Crippen LogP contribution in [0.5, 0.6) is 0 Å². The molecule has 1 aromatic heterocycles. The van der Waals surface area contributed by atoms with E-state index in [9.17, 15) is 23.1 Å². The first kappa shape index (κ1) is 20.4. The molecule has 0 radical (unpaired) electrons. The molecule has 25 heavy (non-hydrogen) atoms. The summed E-state index contributed by atoms with van der Waals surface area (Å²) >= 11 is 3.44. The molecule has 0 saturated carbocycles. The molecule has 1 aliphatic rings. The topological polar surface area (TPSA) is 74.7 Å². The van der Waals surface area contributed by atoms with Gasteiger partial charge in [-0.2, -0.15) is 13.2 Å². The standard InChI is InChI=1S/C14H19BrF3N3O3S/c1-12(2,3)24-11(23)21-5-4-19-6-13(21,7-22)8-9(15)20-10(25-8)14(16,17)18/h19,22H,4-7H2,1-3H3. The normalized spacial score (nSPS) is 22.2. The molecule has 1 aliphatic heterocycles. The Bertz CT molecular complexity index is 647. The van der Waals surface area contributed by atoms with Crippen molar-refractivity contribution in [3.63, 3.8) is 0 Å². The van der Waals surface area contributed by atoms with Gasteiger partial charge < -0.3 is 15.2 Å². The third-order valence-electron chi connectivity index (χ3n) is 3.57. The molecule has 1 amide bonds. The van der Waals surface area contributed by atoms with Gasteiger partial charge in [-0.25, -0.2) is 9.78 Å². The Kier molecular flexibility index (Phi) is 5.72. The molecule has 2 heterocycles. The molecule has 1 fully saturated rings. The number of nitrogens with one attached hydrogen (secondary N) is 1. The van der Waals surface area contributed by atoms with Crippen molar-refractivity contribution >= 4 is 33.4 Å². The summed E-state index contributed by atoms with van der Waals surface area (Å²) in [6.45, 7) is 5.21. The summed E-state index contributed by atoms with van der Waals surface area (Å²) in [7, 11) is 0. The summed E-state index contributed by atoms with van der Waals surface area (Å²) < 4.78 is 44.3. The maximum absolute atomic E-state index is 13.0. The summed E-state index contributed by atoms with van der Waals surface area (Å²) in [5.74, 6) is 0. The average molecular weight is 446 g/mol. The van der Waals surface area contributed by atoms with E-state index in [0.29, 0.717) is 17.9 Å². The Morgan fingerprint density at radius 2 is 2.12 bits per heavy atom. The SMILES string of the molecule is CC(C)(C)OC(=O)N1CCNCC1(CO)c1sc(C(F)(F)F)nc1Br. The number of hydrogen-bond donors (Lipinski definition) is 2. The van der Waals surface area contributed by atoms with E-state index in [4.69, 9.17) is 4.74 Å². The van der Waals surface area contributed by atoms with Crippen molar-refractivity contribution in [3.8, 4) is 0 Å². The Labute approximate surface area is 155 Å². The maximum atomic E-state index is 13.0. The van der Waals surface area contributed by atoms with Crippen LogP contribution < -0.4 is 5.32 Å². The molecular formula is C14H19BrF3N3O3S. The first-order valence-corrected chi connectivity index (χ1v) is 9.08. The van der Waals surface area contributed by atoms with Crippen LogP contribution in [0.25, 0.3) is 0 Å². The van der Waals surface area contributed by atoms with E-state index in [1.165, 1.54) is 4.90 Å². The lowest BCUT2D eigenvalue weighted by Gasteiger charge is -2.45. The zero-order valence-corrected chi connectivity index (χ0v) is 16.3. The monoisotopic (exact) mass is 445 g/mol. The predicted octanol–water partition coefficient (Wildman–Crippen LogP) is 2.95. The highest BCUT2D eigenvalue weighted by Gasteiger charge is 2.49. The fourth-order valence-electron chi connectivity index (χ4n) is 2.50. The summed E-state index contributed by atoms with van der Waals surface area (Å²) in [6.07, 6.45) is -5.31. The summed E-state index contributed by atoms with van der Waals surface area (Å²) in [5.41, 5.74) is -2.16. The Morgan fingerprint density at radius 3 is 2.60 bits per heavy atom. The molecule has 0 aromatic carbocycles. The van der Waals surface area contributed by atoms with Gasteiger partial charge in [0, 0.05) is 19.6 Å². The van der Waals surface area contributed by atoms with Gasteiger partial charge in [-0.05, 0) is 36.7 Å². The maximum Gasteiger partial charge on any atom is 0.443 e. The van der Waals surface area contributed by atoms with Crippen molar-refractivity contribution in [2.24, 2.45) is 0 Å². The number of hydrogen-bond acceptors (Lipinski definition) is 6. The average Bonchev–Trinajstić information content (AvgIpc) is 2.88. The van der Waals surface area contributed by atoms with Gasteiger partial charge in [0.05, 0.1) is 11.5 Å². The summed E-state index contributed by atoms with van der Waals surface area (Å²) in [4.78, 5) is 17.5. The van der Waals surface area contributed by atoms with E-state index in [1.807, 2.05) is 0 Å². The van der Waals surface area contributed by atoms with E-state index in [1.54, 1.807) is 20.8 Å². The number of thiazole rings is 1. The quantitative estimate of drug-likeness (QED) is 0.731. The predicted molar refractivity (Wildman–Crippen MR) is 89.4 cm³/mol. The minimum absolute atomic E-state index is 0.0452. The molecule has 6 nitrogen and oxygen atoms in total. The lowest BCUT2D eigenvalue weighted by molar-refractivity contribution is -0.137. The first-order valence-electron chi connectivity index (χ1n) is 7.47. The molecule has 142 valence electrons. The first-order chi connectivity index (χ1) is 11.4. The van der Waals surface area contributed by atoms with Crippen molar-refractivity contribution in [1.29, 1.82) is 0 Å². The fourth-order valence-corrected chi connectivity index (χ4v) is 4.42. The van der Waals surface area contributed by atoms with Crippen LogP contribution in [0, 0.1) is 0 Å². The minimum Gasteiger partial charge on any atom is -0.444 e. The van der Waals surface area contributed by atoms with Crippen LogP contribution in [-0.2, 0) is 16.5 Å². The number of carbonyl (C=O) groups is 1. The molecule has 0 aliphatic carbocycles. The van der Waals surface area contributed by atoms with Crippen molar-refractivity contribution in [3.05, 3.63) is 14.5 Å². The van der Waals surface area contributed by atoms with Gasteiger partial charge in [0.15, 0.2) is 5.01 Å². The summed E-state index contributed by atoms with van der Waals surface area (Å²) in [6, 6.07) is 0. The molecule has 1 saturated heterocycles. The third-order valence-corrected chi connectivity index (χ3v) is 5.70. The van der Waals surface area contributed by atoms with Gasteiger partial charge in [-0.3, -0.25) is 4.90 Å². The van der Waals surface area contributed by atoms with Crippen LogP contribution in [0.3, 0.4) is 0 Å². The number of alkyl halides is 3. The van der Waals surface area contributed by atoms with Crippen molar-refractivity contribution in [1.82, 2.24) is 15.2 Å². The van der Waals surface area contributed by atoms with E-state index in [2.05, 4.69) is 26.2 Å². The second kappa shape index (κ2) is 7.01. The van der Waals surface area contributed by atoms with E-state index < -0.39 is 35.0 Å². The highest BCUT2D eigenvalue weighted by atomic mass is 79.9. The van der Waals surface area contributed by atoms with Crippen LogP contribution in [0.15, 0.2) is 4.60 Å². The number of piperazine rings is 1. The zero-order chi connectivity index (χ0) is 19.0. The Hall–Kier alpha value is -0.910. The van der Waals surface area contributed by atoms with Gasteiger partial charge in [-0.15, -0.1) is 11.3 Å². The molecule has 11 heteroatoms. The smallest absolute Gasteiger partial charge is 0.443 e. The van der Waals surface area contributed by atoms with Crippen LogP contribution in [0.1, 0.15) is 30.7 Å². The highest BCUT2D eigenvalue weighted by molar-refractivity contribution is 9.10. The van der Waals surface area contributed by atoms with E-state index in [0.717, 1.165) is 0 Å². The third kappa shape index (κ3) is 4.26. The number of carbonyl (C=O) groups excluding carboxylic acids is 1. The van der Waals surface area contributed by atoms with Crippen LogP contribution in [0.4, 0.5) is 18.0 Å². The lowest BCUT2D eigenvalue weighted by Crippen LogP contribution is -2.63. The molecular weight excluding hydrogens is 427 g/mol. The van der Waals surface area contributed by atoms with Crippen molar-refractivity contribution in [2.75, 3.05) is 26.2 Å². The molecule has 1 aromatic rings. The fraction of sp³-hybridized carbons (Fsp3) is 0.714. The number of amides is 1. The van der Waals surface area contributed by atoms with Gasteiger partial charge in [0.1, 0.15) is 15.7 Å². The largest absolute Gasteiger partial charge is 0.444 e. The van der Waals surface area contributed by atoms with Crippen molar-refractivity contribution < 1.29 is 27.8 Å². The second-order valence-electron chi connectivity index (χ2n) is 6.64. The number of aliphatic hydroxyl groups excluding tert-OH is 1. The highest BCUT2D eigenvalue weighted by Crippen LogP contribution is 2.43. The van der Waals surface area contributed by atoms with Crippen LogP contribution in [0.2, 0.25) is 0 Å². The Morgan fingerprint density at radius 1 is 1.48 bits per heavy atom. The number of nitrogens with zero attached hydrogens (tertiary/aromatic N) is 2. The van der Waals surface area contributed by atoms with Gasteiger partial charge >= 0.3 is 12.3 Å². The molecule has 0 bridgehead atoms. The van der Waals surface area contributed by atoms with Crippen molar-refractivity contribution in [2.45, 2.75) is 38.1 Å². The van der Waals surface area contributed by atoms with E-state index >= 15 is 0 Å². The Balaban J connectivity index is 2.48. The van der Waals surface area contributed by atoms with E-state index in [-0.39, 0.29) is 22.6 Å². The number of aliphatic hydroxyl groups is 1. The minimum atomic E-state index is -4.61.